The number of halogens is 4. The lowest BCUT2D eigenvalue weighted by atomic mass is 9.77. The van der Waals surface area contributed by atoms with Gasteiger partial charge in [0, 0.05) is 0 Å². The lowest BCUT2D eigenvalue weighted by Gasteiger charge is -2.29. The molecule has 1 aliphatic rings. The Bertz CT molecular complexity index is 730. The quantitative estimate of drug-likeness (QED) is 0.422. The molecule has 0 saturated heterocycles. The van der Waals surface area contributed by atoms with Gasteiger partial charge in [0.2, 0.25) is 0 Å². The van der Waals surface area contributed by atoms with Crippen molar-refractivity contribution in [2.24, 2.45) is 5.92 Å². The van der Waals surface area contributed by atoms with E-state index in [4.69, 9.17) is 0 Å². The first-order valence-corrected chi connectivity index (χ1v) is 8.78. The van der Waals surface area contributed by atoms with Crippen LogP contribution < -0.4 is 0 Å². The zero-order valence-corrected chi connectivity index (χ0v) is 13.8. The van der Waals surface area contributed by atoms with Crippen molar-refractivity contribution in [2.45, 2.75) is 57.8 Å². The van der Waals surface area contributed by atoms with Crippen LogP contribution in [0.1, 0.15) is 63.4 Å². The van der Waals surface area contributed by atoms with Crippen LogP contribution in [-0.4, -0.2) is 0 Å². The SMILES string of the molecule is CCCCC1CCC(c2cc(F)c3c(F)c(F)c(F)cc3c2)CC1. The maximum Gasteiger partial charge on any atom is 0.195 e. The topological polar surface area (TPSA) is 0 Å². The van der Waals surface area contributed by atoms with Gasteiger partial charge >= 0.3 is 0 Å². The third-order valence-electron chi connectivity index (χ3n) is 5.33. The predicted molar refractivity (Wildman–Crippen MR) is 88.0 cm³/mol. The fraction of sp³-hybridized carbons (Fsp3) is 0.500. The van der Waals surface area contributed by atoms with Crippen LogP contribution in [0.25, 0.3) is 10.8 Å². The first-order chi connectivity index (χ1) is 11.5. The van der Waals surface area contributed by atoms with Gasteiger partial charge in [0.25, 0.3) is 0 Å². The monoisotopic (exact) mass is 338 g/mol. The van der Waals surface area contributed by atoms with Crippen LogP contribution in [0.15, 0.2) is 18.2 Å². The van der Waals surface area contributed by atoms with Crippen molar-refractivity contribution in [2.75, 3.05) is 0 Å². The second-order valence-electron chi connectivity index (χ2n) is 6.95. The summed E-state index contributed by atoms with van der Waals surface area (Å²) in [5, 5.41) is -0.371. The van der Waals surface area contributed by atoms with Crippen molar-refractivity contribution in [1.82, 2.24) is 0 Å². The molecule has 0 radical (unpaired) electrons. The maximum absolute atomic E-state index is 14.3. The second-order valence-corrected chi connectivity index (χ2v) is 6.95. The molecule has 0 unspecified atom stereocenters. The van der Waals surface area contributed by atoms with Crippen molar-refractivity contribution in [1.29, 1.82) is 0 Å². The van der Waals surface area contributed by atoms with Crippen molar-refractivity contribution < 1.29 is 17.6 Å². The zero-order chi connectivity index (χ0) is 17.3. The van der Waals surface area contributed by atoms with Gasteiger partial charge in [-0.15, -0.1) is 0 Å². The minimum atomic E-state index is -1.62. The summed E-state index contributed by atoms with van der Waals surface area (Å²) in [6.45, 7) is 2.19. The number of fused-ring (bicyclic) bond motifs is 1. The molecule has 1 saturated carbocycles. The van der Waals surface area contributed by atoms with Crippen LogP contribution in [0, 0.1) is 29.2 Å². The van der Waals surface area contributed by atoms with Crippen molar-refractivity contribution in [3.8, 4) is 0 Å². The molecule has 2 aromatic rings. The summed E-state index contributed by atoms with van der Waals surface area (Å²) in [5.41, 5.74) is 0.763. The molecule has 0 atom stereocenters. The average molecular weight is 338 g/mol. The molecule has 0 aromatic heterocycles. The summed E-state index contributed by atoms with van der Waals surface area (Å²) in [4.78, 5) is 0. The average Bonchev–Trinajstić information content (AvgIpc) is 2.58. The van der Waals surface area contributed by atoms with E-state index in [1.54, 1.807) is 6.07 Å². The first kappa shape index (κ1) is 17.2. The summed E-state index contributed by atoms with van der Waals surface area (Å²) in [6.07, 6.45) is 7.82. The maximum atomic E-state index is 14.3. The molecule has 0 amide bonds. The molecule has 0 aliphatic heterocycles. The molecule has 0 N–H and O–H groups in total. The minimum absolute atomic E-state index is 0.0921. The van der Waals surface area contributed by atoms with E-state index in [9.17, 15) is 17.6 Å². The smallest absolute Gasteiger partial charge is 0.195 e. The number of rotatable bonds is 4. The van der Waals surface area contributed by atoms with Crippen LogP contribution in [0.3, 0.4) is 0 Å². The Hall–Kier alpha value is -1.58. The second kappa shape index (κ2) is 7.12. The molecule has 1 fully saturated rings. The van der Waals surface area contributed by atoms with E-state index in [1.165, 1.54) is 25.3 Å². The molecule has 24 heavy (non-hydrogen) atoms. The van der Waals surface area contributed by atoms with Gasteiger partial charge in [0.05, 0.1) is 5.39 Å². The van der Waals surface area contributed by atoms with E-state index < -0.39 is 28.7 Å². The van der Waals surface area contributed by atoms with Crippen LogP contribution in [-0.2, 0) is 0 Å². The van der Waals surface area contributed by atoms with Crippen molar-refractivity contribution in [3.63, 3.8) is 0 Å². The largest absolute Gasteiger partial charge is 0.206 e. The van der Waals surface area contributed by atoms with Gasteiger partial charge in [-0.2, -0.15) is 0 Å². The normalized spacial score (nSPS) is 21.4. The van der Waals surface area contributed by atoms with E-state index >= 15 is 0 Å². The van der Waals surface area contributed by atoms with E-state index in [2.05, 4.69) is 6.92 Å². The molecule has 1 aliphatic carbocycles. The highest BCUT2D eigenvalue weighted by Crippen LogP contribution is 2.39. The van der Waals surface area contributed by atoms with Crippen LogP contribution >= 0.6 is 0 Å². The fourth-order valence-electron chi connectivity index (χ4n) is 3.92. The van der Waals surface area contributed by atoms with Gasteiger partial charge < -0.3 is 0 Å². The third kappa shape index (κ3) is 3.28. The van der Waals surface area contributed by atoms with Gasteiger partial charge in [-0.05, 0) is 60.6 Å². The van der Waals surface area contributed by atoms with E-state index in [0.717, 1.165) is 43.2 Å². The minimum Gasteiger partial charge on any atom is -0.206 e. The summed E-state index contributed by atoms with van der Waals surface area (Å²) < 4.78 is 54.9. The van der Waals surface area contributed by atoms with Gasteiger partial charge in [0.15, 0.2) is 17.5 Å². The van der Waals surface area contributed by atoms with E-state index in [-0.39, 0.29) is 11.3 Å². The highest BCUT2D eigenvalue weighted by Gasteiger charge is 2.24. The van der Waals surface area contributed by atoms with Crippen molar-refractivity contribution in [3.05, 3.63) is 47.0 Å². The molecule has 0 nitrogen and oxygen atoms in total. The standard InChI is InChI=1S/C20H22F4/c1-2-3-4-12-5-7-13(8-6-12)14-9-15-11-17(22)19(23)20(24)18(15)16(21)10-14/h9-13H,2-8H2,1H3. The van der Waals surface area contributed by atoms with Gasteiger partial charge in [0.1, 0.15) is 5.82 Å². The Morgan fingerprint density at radius 3 is 2.25 bits per heavy atom. The van der Waals surface area contributed by atoms with Crippen LogP contribution in [0.4, 0.5) is 17.6 Å². The molecular formula is C20H22F4. The molecule has 4 heteroatoms. The highest BCUT2D eigenvalue weighted by molar-refractivity contribution is 5.84. The Morgan fingerprint density at radius 2 is 1.58 bits per heavy atom. The van der Waals surface area contributed by atoms with E-state index in [0.29, 0.717) is 0 Å². The van der Waals surface area contributed by atoms with Gasteiger partial charge in [-0.1, -0.05) is 32.3 Å². The number of hydrogen-bond donors (Lipinski definition) is 0. The molecular weight excluding hydrogens is 316 g/mol. The first-order valence-electron chi connectivity index (χ1n) is 8.78. The lowest BCUT2D eigenvalue weighted by molar-refractivity contribution is 0.304. The van der Waals surface area contributed by atoms with Crippen LogP contribution in [0.5, 0.6) is 0 Å². The Morgan fingerprint density at radius 1 is 0.875 bits per heavy atom. The number of hydrogen-bond acceptors (Lipinski definition) is 0. The third-order valence-corrected chi connectivity index (χ3v) is 5.33. The lowest BCUT2D eigenvalue weighted by Crippen LogP contribution is -2.13. The number of unbranched alkanes of at least 4 members (excludes halogenated alkanes) is 1. The van der Waals surface area contributed by atoms with Crippen molar-refractivity contribution >= 4 is 10.8 Å². The summed E-state index contributed by atoms with van der Waals surface area (Å²) in [6, 6.07) is 3.79. The van der Waals surface area contributed by atoms with Gasteiger partial charge in [-0.25, -0.2) is 17.6 Å². The highest BCUT2D eigenvalue weighted by atomic mass is 19.2. The molecule has 0 heterocycles. The van der Waals surface area contributed by atoms with Crippen LogP contribution in [0.2, 0.25) is 0 Å². The fourth-order valence-corrected chi connectivity index (χ4v) is 3.92. The molecule has 2 aromatic carbocycles. The molecule has 0 spiro atoms. The Labute approximate surface area is 139 Å². The summed E-state index contributed by atoms with van der Waals surface area (Å²) in [7, 11) is 0. The zero-order valence-electron chi connectivity index (χ0n) is 13.8. The molecule has 3 rings (SSSR count). The van der Waals surface area contributed by atoms with Gasteiger partial charge in [-0.3, -0.25) is 0 Å². The molecule has 0 bridgehead atoms. The summed E-state index contributed by atoms with van der Waals surface area (Å²) >= 11 is 0. The number of benzene rings is 2. The predicted octanol–water partition coefficient (Wildman–Crippen LogP) is 6.86. The van der Waals surface area contributed by atoms with E-state index in [1.807, 2.05) is 0 Å². The Kier molecular flexibility index (Phi) is 5.12. The summed E-state index contributed by atoms with van der Waals surface area (Å²) in [5.74, 6) is -4.22. The Balaban J connectivity index is 1.85. The molecule has 130 valence electrons.